The molecule has 0 atom stereocenters. The molecule has 0 aromatic carbocycles. The highest BCUT2D eigenvalue weighted by Crippen LogP contribution is 2.23. The quantitative estimate of drug-likeness (QED) is 0.749. The van der Waals surface area contributed by atoms with Crippen molar-refractivity contribution in [2.24, 2.45) is 0 Å². The second-order valence-corrected chi connectivity index (χ2v) is 7.89. The van der Waals surface area contributed by atoms with Crippen LogP contribution in [0.25, 0.3) is 0 Å². The highest BCUT2D eigenvalue weighted by atomic mass is 32.2. The van der Waals surface area contributed by atoms with Crippen molar-refractivity contribution in [1.82, 2.24) is 14.0 Å². The predicted molar refractivity (Wildman–Crippen MR) is 90.4 cm³/mol. The molecular formula is C16H27N3O3S. The van der Waals surface area contributed by atoms with Gasteiger partial charge in [0.1, 0.15) is 6.10 Å². The molecule has 1 aliphatic carbocycles. The lowest BCUT2D eigenvalue weighted by Crippen LogP contribution is -2.38. The molecule has 1 aromatic rings. The van der Waals surface area contributed by atoms with E-state index in [2.05, 4.69) is 9.71 Å². The molecule has 2 rings (SSSR count). The smallest absolute Gasteiger partial charge is 0.279 e. The molecule has 6 nitrogen and oxygen atoms in total. The molecule has 1 heterocycles. The van der Waals surface area contributed by atoms with E-state index in [0.717, 1.165) is 31.2 Å². The Balaban J connectivity index is 1.89. The summed E-state index contributed by atoms with van der Waals surface area (Å²) in [5.74, 6) is 0.577. The molecule has 0 amide bonds. The van der Waals surface area contributed by atoms with Crippen molar-refractivity contribution in [2.75, 3.05) is 13.6 Å². The number of hydrogen-bond acceptors (Lipinski definition) is 4. The maximum absolute atomic E-state index is 12.1. The van der Waals surface area contributed by atoms with E-state index in [9.17, 15) is 8.42 Å². The van der Waals surface area contributed by atoms with Gasteiger partial charge in [0, 0.05) is 32.4 Å². The Bertz CT molecular complexity index is 586. The molecule has 23 heavy (non-hydrogen) atoms. The molecule has 0 bridgehead atoms. The molecule has 0 unspecified atom stereocenters. The summed E-state index contributed by atoms with van der Waals surface area (Å²) < 4.78 is 34.1. The summed E-state index contributed by atoms with van der Waals surface area (Å²) in [7, 11) is -1.85. The van der Waals surface area contributed by atoms with Crippen LogP contribution < -0.4 is 9.46 Å². The zero-order valence-electron chi connectivity index (χ0n) is 14.0. The van der Waals surface area contributed by atoms with E-state index in [0.29, 0.717) is 12.4 Å². The standard InChI is InChI=1S/C16H27N3O3S/c1-3-4-11-19(2)23(20,21)18-13-14-9-10-17-16(12-14)22-15-7-5-6-8-15/h9-10,12,15,18H,3-8,11,13H2,1-2H3. The van der Waals surface area contributed by atoms with Crippen LogP contribution in [0.1, 0.15) is 51.0 Å². The summed E-state index contributed by atoms with van der Waals surface area (Å²) >= 11 is 0. The van der Waals surface area contributed by atoms with E-state index in [1.54, 1.807) is 19.3 Å². The van der Waals surface area contributed by atoms with Gasteiger partial charge in [-0.1, -0.05) is 13.3 Å². The molecule has 1 saturated carbocycles. The fourth-order valence-electron chi connectivity index (χ4n) is 2.59. The zero-order chi connectivity index (χ0) is 16.7. The largest absolute Gasteiger partial charge is 0.474 e. The first-order valence-electron chi connectivity index (χ1n) is 8.34. The molecule has 1 fully saturated rings. The minimum absolute atomic E-state index is 0.238. The van der Waals surface area contributed by atoms with Crippen molar-refractivity contribution in [3.05, 3.63) is 23.9 Å². The first-order valence-corrected chi connectivity index (χ1v) is 9.78. The number of ether oxygens (including phenoxy) is 1. The van der Waals surface area contributed by atoms with Gasteiger partial charge in [-0.05, 0) is 43.7 Å². The Morgan fingerprint density at radius 2 is 2.13 bits per heavy atom. The van der Waals surface area contributed by atoms with Gasteiger partial charge in [0.05, 0.1) is 0 Å². The summed E-state index contributed by atoms with van der Waals surface area (Å²) in [6, 6.07) is 3.61. The fourth-order valence-corrected chi connectivity index (χ4v) is 3.53. The Hall–Kier alpha value is -1.18. The lowest BCUT2D eigenvalue weighted by atomic mass is 10.2. The number of unbranched alkanes of at least 4 members (excludes halogenated alkanes) is 1. The maximum Gasteiger partial charge on any atom is 0.279 e. The Labute approximate surface area is 139 Å². The van der Waals surface area contributed by atoms with Gasteiger partial charge in [-0.3, -0.25) is 0 Å². The molecule has 0 aliphatic heterocycles. The van der Waals surface area contributed by atoms with Crippen molar-refractivity contribution in [2.45, 2.75) is 58.1 Å². The SMILES string of the molecule is CCCCN(C)S(=O)(=O)NCc1ccnc(OC2CCCC2)c1. The molecule has 0 spiro atoms. The minimum Gasteiger partial charge on any atom is -0.474 e. The van der Waals surface area contributed by atoms with Gasteiger partial charge in [-0.15, -0.1) is 0 Å². The van der Waals surface area contributed by atoms with Crippen LogP contribution >= 0.6 is 0 Å². The van der Waals surface area contributed by atoms with E-state index in [-0.39, 0.29) is 12.6 Å². The normalized spacial score (nSPS) is 16.1. The van der Waals surface area contributed by atoms with Crippen LogP contribution in [0.2, 0.25) is 0 Å². The van der Waals surface area contributed by atoms with Gasteiger partial charge in [-0.2, -0.15) is 17.4 Å². The maximum atomic E-state index is 12.1. The van der Waals surface area contributed by atoms with E-state index in [1.165, 1.54) is 17.1 Å². The molecule has 0 saturated heterocycles. The third-order valence-corrected chi connectivity index (χ3v) is 5.60. The lowest BCUT2D eigenvalue weighted by Gasteiger charge is -2.17. The van der Waals surface area contributed by atoms with Gasteiger partial charge in [0.25, 0.3) is 10.2 Å². The van der Waals surface area contributed by atoms with E-state index in [1.807, 2.05) is 13.0 Å². The highest BCUT2D eigenvalue weighted by Gasteiger charge is 2.18. The lowest BCUT2D eigenvalue weighted by molar-refractivity contribution is 0.201. The number of hydrogen-bond donors (Lipinski definition) is 1. The first-order chi connectivity index (χ1) is 11.0. The average Bonchev–Trinajstić information content (AvgIpc) is 3.04. The van der Waals surface area contributed by atoms with Crippen LogP contribution in [0, 0.1) is 0 Å². The van der Waals surface area contributed by atoms with Gasteiger partial charge < -0.3 is 4.74 Å². The number of nitrogens with one attached hydrogen (secondary N) is 1. The third-order valence-electron chi connectivity index (χ3n) is 4.08. The second-order valence-electron chi connectivity index (χ2n) is 6.03. The van der Waals surface area contributed by atoms with Gasteiger partial charge in [0.2, 0.25) is 5.88 Å². The average molecular weight is 341 g/mol. The first kappa shape index (κ1) is 18.2. The van der Waals surface area contributed by atoms with Gasteiger partial charge >= 0.3 is 0 Å². The van der Waals surface area contributed by atoms with Crippen molar-refractivity contribution in [3.63, 3.8) is 0 Å². The van der Waals surface area contributed by atoms with E-state index in [4.69, 9.17) is 4.74 Å². The number of rotatable bonds is 9. The number of pyridine rings is 1. The predicted octanol–water partition coefficient (Wildman–Crippen LogP) is 2.47. The number of nitrogens with zero attached hydrogens (tertiary/aromatic N) is 2. The van der Waals surface area contributed by atoms with Crippen LogP contribution in [0.4, 0.5) is 0 Å². The van der Waals surface area contributed by atoms with Crippen molar-refractivity contribution >= 4 is 10.2 Å². The van der Waals surface area contributed by atoms with Crippen molar-refractivity contribution < 1.29 is 13.2 Å². The Morgan fingerprint density at radius 3 is 2.83 bits per heavy atom. The van der Waals surface area contributed by atoms with Gasteiger partial charge in [-0.25, -0.2) is 4.98 Å². The van der Waals surface area contributed by atoms with Crippen LogP contribution in [-0.2, 0) is 16.8 Å². The number of aromatic nitrogens is 1. The molecule has 1 aromatic heterocycles. The summed E-state index contributed by atoms with van der Waals surface area (Å²) in [6.07, 6.45) is 8.27. The monoisotopic (exact) mass is 341 g/mol. The third kappa shape index (κ3) is 5.75. The zero-order valence-corrected chi connectivity index (χ0v) is 14.8. The summed E-state index contributed by atoms with van der Waals surface area (Å²) in [6.45, 7) is 2.80. The fraction of sp³-hybridized carbons (Fsp3) is 0.688. The molecule has 7 heteroatoms. The minimum atomic E-state index is -3.44. The van der Waals surface area contributed by atoms with Gasteiger partial charge in [0.15, 0.2) is 0 Å². The molecule has 1 aliphatic rings. The van der Waals surface area contributed by atoms with Crippen LogP contribution in [-0.4, -0.2) is 37.4 Å². The van der Waals surface area contributed by atoms with E-state index < -0.39 is 10.2 Å². The molecule has 1 N–H and O–H groups in total. The highest BCUT2D eigenvalue weighted by molar-refractivity contribution is 7.87. The Kier molecular flexibility index (Phi) is 6.80. The van der Waals surface area contributed by atoms with Crippen LogP contribution in [0.5, 0.6) is 5.88 Å². The van der Waals surface area contributed by atoms with Crippen molar-refractivity contribution in [3.8, 4) is 5.88 Å². The topological polar surface area (TPSA) is 71.5 Å². The van der Waals surface area contributed by atoms with Crippen LogP contribution in [0.3, 0.4) is 0 Å². The molecule has 0 radical (unpaired) electrons. The summed E-state index contributed by atoms with van der Waals surface area (Å²) in [4.78, 5) is 4.21. The summed E-state index contributed by atoms with van der Waals surface area (Å²) in [5, 5.41) is 0. The Morgan fingerprint density at radius 1 is 1.39 bits per heavy atom. The van der Waals surface area contributed by atoms with E-state index >= 15 is 0 Å². The van der Waals surface area contributed by atoms with Crippen molar-refractivity contribution in [1.29, 1.82) is 0 Å². The summed E-state index contributed by atoms with van der Waals surface area (Å²) in [5.41, 5.74) is 0.848. The van der Waals surface area contributed by atoms with Crippen LogP contribution in [0.15, 0.2) is 18.3 Å². The second kappa shape index (κ2) is 8.61. The molecule has 130 valence electrons. The molecular weight excluding hydrogens is 314 g/mol.